The zero-order valence-corrected chi connectivity index (χ0v) is 13.9. The molecule has 1 aliphatic heterocycles. The third-order valence-electron chi connectivity index (χ3n) is 4.81. The van der Waals surface area contributed by atoms with Crippen LogP contribution in [0.15, 0.2) is 42.7 Å². The van der Waals surface area contributed by atoms with Gasteiger partial charge in [0, 0.05) is 25.4 Å². The molecule has 0 amide bonds. The number of nitrogens with zero attached hydrogens (tertiary/aromatic N) is 2. The normalized spacial score (nSPS) is 17.2. The van der Waals surface area contributed by atoms with Crippen LogP contribution in [0.4, 0.5) is 0 Å². The van der Waals surface area contributed by atoms with Gasteiger partial charge in [-0.05, 0) is 12.6 Å². The van der Waals surface area contributed by atoms with Gasteiger partial charge in [-0.1, -0.05) is 60.4 Å². The molecule has 2 aromatic rings. The molecule has 3 nitrogen and oxygen atoms in total. The van der Waals surface area contributed by atoms with E-state index < -0.39 is 8.07 Å². The minimum absolute atomic E-state index is 0.938. The third kappa shape index (κ3) is 3.44. The van der Waals surface area contributed by atoms with Crippen molar-refractivity contribution in [2.75, 3.05) is 6.54 Å². The van der Waals surface area contributed by atoms with Gasteiger partial charge in [-0.25, -0.2) is 0 Å². The lowest BCUT2D eigenvalue weighted by Crippen LogP contribution is -2.46. The van der Waals surface area contributed by atoms with Crippen LogP contribution in [-0.2, 0) is 13.6 Å². The summed E-state index contributed by atoms with van der Waals surface area (Å²) in [6, 6.07) is 15.6. The molecule has 1 aromatic heterocycles. The molecule has 3 rings (SSSR count). The van der Waals surface area contributed by atoms with Crippen molar-refractivity contribution in [1.29, 1.82) is 0 Å². The maximum absolute atomic E-state index is 4.22. The zero-order valence-electron chi connectivity index (χ0n) is 12.9. The highest BCUT2D eigenvalue weighted by Crippen LogP contribution is 2.32. The third-order valence-corrected chi connectivity index (χ3v) is 10.2. The second-order valence-corrected chi connectivity index (χ2v) is 10.9. The average Bonchev–Trinajstić information content (AvgIpc) is 3.15. The molecule has 21 heavy (non-hydrogen) atoms. The van der Waals surface area contributed by atoms with Crippen LogP contribution in [0, 0.1) is 0 Å². The van der Waals surface area contributed by atoms with Gasteiger partial charge in [0.05, 0.1) is 14.3 Å². The molecule has 1 saturated heterocycles. The molecule has 1 aromatic carbocycles. The van der Waals surface area contributed by atoms with Crippen LogP contribution in [0.2, 0.25) is 18.1 Å². The summed E-state index contributed by atoms with van der Waals surface area (Å²) in [6.45, 7) is 2.07. The summed E-state index contributed by atoms with van der Waals surface area (Å²) in [7, 11) is 0.747. The van der Waals surface area contributed by atoms with Crippen molar-refractivity contribution in [3.05, 3.63) is 48.3 Å². The Labute approximate surface area is 128 Å². The summed E-state index contributed by atoms with van der Waals surface area (Å²) < 4.78 is 1.87. The smallest absolute Gasteiger partial charge is 0.0879 e. The molecule has 1 aliphatic rings. The van der Waals surface area contributed by atoms with E-state index in [1.165, 1.54) is 36.5 Å². The van der Waals surface area contributed by atoms with Gasteiger partial charge >= 0.3 is 0 Å². The number of hydrogen-bond donors (Lipinski definition) is 1. The predicted molar refractivity (Wildman–Crippen MR) is 90.4 cm³/mol. The standard InChI is InChI=1S/C17H25N3Si/c1-20-15-16(14-19-20)13-18-9-12-21(10-5-6-11-21)17-7-3-2-4-8-17/h2-4,7-8,14-15,18H,5-6,9-13H2,1H3. The minimum atomic E-state index is -1.22. The van der Waals surface area contributed by atoms with Gasteiger partial charge in [0.1, 0.15) is 0 Å². The fraction of sp³-hybridized carbons (Fsp3) is 0.471. The van der Waals surface area contributed by atoms with E-state index in [2.05, 4.69) is 46.9 Å². The Morgan fingerprint density at radius 1 is 1.19 bits per heavy atom. The van der Waals surface area contributed by atoms with E-state index in [1.807, 2.05) is 17.9 Å². The molecule has 0 radical (unpaired) electrons. The van der Waals surface area contributed by atoms with Gasteiger partial charge in [-0.2, -0.15) is 5.10 Å². The first-order valence-corrected chi connectivity index (χ1v) is 10.6. The zero-order chi connectivity index (χ0) is 14.5. The van der Waals surface area contributed by atoms with Crippen molar-refractivity contribution in [3.8, 4) is 0 Å². The van der Waals surface area contributed by atoms with E-state index in [0.29, 0.717) is 0 Å². The summed E-state index contributed by atoms with van der Waals surface area (Å²) >= 11 is 0. The molecule has 112 valence electrons. The monoisotopic (exact) mass is 299 g/mol. The van der Waals surface area contributed by atoms with Crippen LogP contribution < -0.4 is 10.5 Å². The lowest BCUT2D eigenvalue weighted by molar-refractivity contribution is 0.717. The summed E-state index contributed by atoms with van der Waals surface area (Å²) in [5.74, 6) is 0. The van der Waals surface area contributed by atoms with Crippen LogP contribution in [0.25, 0.3) is 0 Å². The summed E-state index contributed by atoms with van der Waals surface area (Å²) in [4.78, 5) is 0. The molecule has 0 atom stereocenters. The van der Waals surface area contributed by atoms with Crippen LogP contribution >= 0.6 is 0 Å². The Balaban J connectivity index is 1.56. The first kappa shape index (κ1) is 14.5. The highest BCUT2D eigenvalue weighted by atomic mass is 28.3. The van der Waals surface area contributed by atoms with Gasteiger partial charge in [0.2, 0.25) is 0 Å². The molecule has 4 heteroatoms. The molecule has 0 unspecified atom stereocenters. The van der Waals surface area contributed by atoms with Crippen LogP contribution in [0.5, 0.6) is 0 Å². The quantitative estimate of drug-likeness (QED) is 0.656. The number of aryl methyl sites for hydroxylation is 1. The summed E-state index contributed by atoms with van der Waals surface area (Å²) in [6.07, 6.45) is 6.91. The number of aromatic nitrogens is 2. The Morgan fingerprint density at radius 2 is 1.95 bits per heavy atom. The predicted octanol–water partition coefficient (Wildman–Crippen LogP) is 2.66. The van der Waals surface area contributed by atoms with Gasteiger partial charge in [-0.3, -0.25) is 4.68 Å². The van der Waals surface area contributed by atoms with E-state index in [4.69, 9.17) is 0 Å². The maximum Gasteiger partial charge on any atom is 0.0879 e. The van der Waals surface area contributed by atoms with E-state index in [1.54, 1.807) is 5.19 Å². The molecule has 0 aliphatic carbocycles. The molecule has 0 bridgehead atoms. The number of benzene rings is 1. The maximum atomic E-state index is 4.22. The summed E-state index contributed by atoms with van der Waals surface area (Å²) in [5.41, 5.74) is 1.28. The van der Waals surface area contributed by atoms with Crippen LogP contribution in [0.1, 0.15) is 18.4 Å². The molecule has 1 N–H and O–H groups in total. The molecular formula is C17H25N3Si. The molecular weight excluding hydrogens is 274 g/mol. The Bertz CT molecular complexity index is 558. The van der Waals surface area contributed by atoms with Crippen molar-refractivity contribution in [2.45, 2.75) is 37.5 Å². The topological polar surface area (TPSA) is 29.9 Å². The fourth-order valence-corrected chi connectivity index (χ4v) is 8.67. The van der Waals surface area contributed by atoms with E-state index >= 15 is 0 Å². The van der Waals surface area contributed by atoms with E-state index in [0.717, 1.165) is 13.1 Å². The van der Waals surface area contributed by atoms with Gasteiger partial charge in [0.15, 0.2) is 0 Å². The van der Waals surface area contributed by atoms with Crippen LogP contribution in [-0.4, -0.2) is 24.4 Å². The van der Waals surface area contributed by atoms with Crippen molar-refractivity contribution in [3.63, 3.8) is 0 Å². The Kier molecular flexibility index (Phi) is 4.56. The van der Waals surface area contributed by atoms with Crippen molar-refractivity contribution in [1.82, 2.24) is 15.1 Å². The fourth-order valence-electron chi connectivity index (χ4n) is 3.65. The first-order chi connectivity index (χ1) is 10.3. The average molecular weight is 299 g/mol. The van der Waals surface area contributed by atoms with Crippen LogP contribution in [0.3, 0.4) is 0 Å². The lowest BCUT2D eigenvalue weighted by Gasteiger charge is -2.27. The van der Waals surface area contributed by atoms with Gasteiger partial charge in [-0.15, -0.1) is 0 Å². The van der Waals surface area contributed by atoms with Gasteiger partial charge in [0.25, 0.3) is 0 Å². The highest BCUT2D eigenvalue weighted by Gasteiger charge is 2.37. The largest absolute Gasteiger partial charge is 0.313 e. The Hall–Kier alpha value is -1.39. The molecule has 0 spiro atoms. The second kappa shape index (κ2) is 6.58. The van der Waals surface area contributed by atoms with E-state index in [9.17, 15) is 0 Å². The number of hydrogen-bond acceptors (Lipinski definition) is 2. The second-order valence-electron chi connectivity index (χ2n) is 6.30. The van der Waals surface area contributed by atoms with Crippen molar-refractivity contribution >= 4 is 13.3 Å². The number of rotatable bonds is 6. The minimum Gasteiger partial charge on any atom is -0.313 e. The number of nitrogens with one attached hydrogen (secondary N) is 1. The summed E-state index contributed by atoms with van der Waals surface area (Å²) in [5, 5.41) is 9.51. The highest BCUT2D eigenvalue weighted by molar-refractivity contribution is 6.92. The molecule has 0 saturated carbocycles. The van der Waals surface area contributed by atoms with Gasteiger partial charge < -0.3 is 5.32 Å². The first-order valence-electron chi connectivity index (χ1n) is 8.02. The lowest BCUT2D eigenvalue weighted by atomic mass is 10.3. The molecule has 1 fully saturated rings. The SMILES string of the molecule is Cn1cc(CNCC[Si]2(c3ccccc3)CCCC2)cn1. The van der Waals surface area contributed by atoms with Crippen molar-refractivity contribution in [2.24, 2.45) is 7.05 Å². The molecule has 2 heterocycles. The van der Waals surface area contributed by atoms with Crippen molar-refractivity contribution < 1.29 is 0 Å². The van der Waals surface area contributed by atoms with E-state index in [-0.39, 0.29) is 0 Å². The Morgan fingerprint density at radius 3 is 2.62 bits per heavy atom.